The molecule has 1 rings (SSSR count). The lowest BCUT2D eigenvalue weighted by Gasteiger charge is -2.26. The van der Waals surface area contributed by atoms with Gasteiger partial charge in [-0.1, -0.05) is 66.2 Å². The Balaban J connectivity index is 0.000000561. The Morgan fingerprint density at radius 3 is 2.00 bits per heavy atom. The molecule has 1 aliphatic rings. The summed E-state index contributed by atoms with van der Waals surface area (Å²) in [7, 11) is 0. The Labute approximate surface area is 78.8 Å². The van der Waals surface area contributed by atoms with Gasteiger partial charge in [-0.05, 0) is 11.8 Å². The van der Waals surface area contributed by atoms with Crippen molar-refractivity contribution >= 4 is 0 Å². The van der Waals surface area contributed by atoms with Crippen molar-refractivity contribution in [1.82, 2.24) is 0 Å². The lowest BCUT2D eigenvalue weighted by molar-refractivity contribution is 0.258. The molecule has 0 spiro atoms. The van der Waals surface area contributed by atoms with Gasteiger partial charge in [0.1, 0.15) is 0 Å². The first-order valence-electron chi connectivity index (χ1n) is 5.84. The minimum atomic E-state index is 0.986. The molecule has 0 saturated heterocycles. The van der Waals surface area contributed by atoms with Gasteiger partial charge < -0.3 is 0 Å². The van der Waals surface area contributed by atoms with Crippen molar-refractivity contribution in [3.8, 4) is 0 Å². The smallest absolute Gasteiger partial charge is 0.0389 e. The summed E-state index contributed by atoms with van der Waals surface area (Å²) in [6.45, 7) is 8.73. The van der Waals surface area contributed by atoms with Gasteiger partial charge in [0.15, 0.2) is 0 Å². The van der Waals surface area contributed by atoms with E-state index in [4.69, 9.17) is 0 Å². The van der Waals surface area contributed by atoms with E-state index in [1.165, 1.54) is 38.5 Å². The fourth-order valence-electron chi connectivity index (χ4n) is 2.04. The van der Waals surface area contributed by atoms with Crippen molar-refractivity contribution < 1.29 is 0 Å². The van der Waals surface area contributed by atoms with E-state index in [-0.39, 0.29) is 0 Å². The number of hydrogen-bond acceptors (Lipinski definition) is 0. The summed E-state index contributed by atoms with van der Waals surface area (Å²) in [4.78, 5) is 0. The van der Waals surface area contributed by atoms with Crippen LogP contribution in [0.15, 0.2) is 0 Å². The predicted octanol–water partition coefficient (Wildman–Crippen LogP) is 4.64. The third-order valence-electron chi connectivity index (χ3n) is 3.10. The third-order valence-corrected chi connectivity index (χ3v) is 3.10. The van der Waals surface area contributed by atoms with E-state index in [2.05, 4.69) is 13.8 Å². The quantitative estimate of drug-likeness (QED) is 0.566. The van der Waals surface area contributed by atoms with E-state index < -0.39 is 0 Å². The van der Waals surface area contributed by atoms with Crippen molar-refractivity contribution in [2.24, 2.45) is 11.8 Å². The summed E-state index contributed by atoms with van der Waals surface area (Å²) in [5.74, 6) is 2.05. The van der Waals surface area contributed by atoms with E-state index in [9.17, 15) is 0 Å². The second kappa shape index (κ2) is 7.64. The largest absolute Gasteiger partial charge is 0.0683 e. The first kappa shape index (κ1) is 12.0. The zero-order valence-corrected chi connectivity index (χ0v) is 9.40. The molecule has 0 heteroatoms. The maximum atomic E-state index is 2.41. The van der Waals surface area contributed by atoms with Gasteiger partial charge >= 0.3 is 0 Å². The SMILES string of the molecule is CC.CCC(C)C1CCCCC1. The third kappa shape index (κ3) is 4.13. The monoisotopic (exact) mass is 170 g/mol. The second-order valence-corrected chi connectivity index (χ2v) is 3.78. The Bertz CT molecular complexity index is 80.0. The molecule has 12 heavy (non-hydrogen) atoms. The Kier molecular flexibility index (Phi) is 7.64. The summed E-state index contributed by atoms with van der Waals surface area (Å²) in [6.07, 6.45) is 8.88. The molecule has 0 aromatic carbocycles. The average molecular weight is 170 g/mol. The summed E-state index contributed by atoms with van der Waals surface area (Å²) in [5, 5.41) is 0. The van der Waals surface area contributed by atoms with Crippen LogP contribution in [0.25, 0.3) is 0 Å². The molecule has 1 fully saturated rings. The molecule has 0 N–H and O–H groups in total. The predicted molar refractivity (Wildman–Crippen MR) is 57.4 cm³/mol. The Morgan fingerprint density at radius 1 is 1.08 bits per heavy atom. The minimum Gasteiger partial charge on any atom is -0.0683 e. The van der Waals surface area contributed by atoms with Crippen molar-refractivity contribution in [3.63, 3.8) is 0 Å². The van der Waals surface area contributed by atoms with Crippen molar-refractivity contribution in [2.45, 2.75) is 66.2 Å². The molecule has 1 saturated carbocycles. The van der Waals surface area contributed by atoms with Crippen molar-refractivity contribution in [2.75, 3.05) is 0 Å². The normalized spacial score (nSPS) is 21.0. The van der Waals surface area contributed by atoms with Crippen LogP contribution >= 0.6 is 0 Å². The van der Waals surface area contributed by atoms with Crippen molar-refractivity contribution in [3.05, 3.63) is 0 Å². The fraction of sp³-hybridized carbons (Fsp3) is 1.00. The molecule has 1 unspecified atom stereocenters. The first-order valence-corrected chi connectivity index (χ1v) is 5.84. The molecule has 1 atom stereocenters. The van der Waals surface area contributed by atoms with Crippen molar-refractivity contribution in [1.29, 1.82) is 0 Å². The zero-order valence-electron chi connectivity index (χ0n) is 9.40. The molecular weight excluding hydrogens is 144 g/mol. The van der Waals surface area contributed by atoms with Crippen LogP contribution in [-0.2, 0) is 0 Å². The van der Waals surface area contributed by atoms with Gasteiger partial charge in [-0.25, -0.2) is 0 Å². The highest BCUT2D eigenvalue weighted by molar-refractivity contribution is 4.69. The summed E-state index contributed by atoms with van der Waals surface area (Å²) in [6, 6.07) is 0. The van der Waals surface area contributed by atoms with Gasteiger partial charge in [-0.3, -0.25) is 0 Å². The van der Waals surface area contributed by atoms with Crippen LogP contribution in [0.5, 0.6) is 0 Å². The topological polar surface area (TPSA) is 0 Å². The first-order chi connectivity index (χ1) is 5.84. The molecule has 0 amide bonds. The van der Waals surface area contributed by atoms with E-state index in [1.807, 2.05) is 13.8 Å². The van der Waals surface area contributed by atoms with Gasteiger partial charge in [0.2, 0.25) is 0 Å². The van der Waals surface area contributed by atoms with Crippen LogP contribution < -0.4 is 0 Å². The fourth-order valence-corrected chi connectivity index (χ4v) is 2.04. The summed E-state index contributed by atoms with van der Waals surface area (Å²) in [5.41, 5.74) is 0. The highest BCUT2D eigenvalue weighted by Crippen LogP contribution is 2.30. The zero-order chi connectivity index (χ0) is 9.40. The lowest BCUT2D eigenvalue weighted by Crippen LogP contribution is -2.14. The van der Waals surface area contributed by atoms with Gasteiger partial charge in [0, 0.05) is 0 Å². The van der Waals surface area contributed by atoms with Gasteiger partial charge in [0.05, 0.1) is 0 Å². The molecule has 0 aromatic rings. The molecule has 0 radical (unpaired) electrons. The van der Waals surface area contributed by atoms with E-state index in [1.54, 1.807) is 0 Å². The number of hydrogen-bond donors (Lipinski definition) is 0. The maximum absolute atomic E-state index is 2.41. The van der Waals surface area contributed by atoms with Crippen LogP contribution in [0.3, 0.4) is 0 Å². The molecule has 0 aliphatic heterocycles. The summed E-state index contributed by atoms with van der Waals surface area (Å²) >= 11 is 0. The molecule has 0 bridgehead atoms. The highest BCUT2D eigenvalue weighted by atomic mass is 14.2. The van der Waals surface area contributed by atoms with Crippen LogP contribution in [0.1, 0.15) is 66.2 Å². The maximum Gasteiger partial charge on any atom is -0.0389 e. The molecule has 74 valence electrons. The van der Waals surface area contributed by atoms with E-state index in [0.29, 0.717) is 0 Å². The average Bonchev–Trinajstić information content (AvgIpc) is 2.21. The Hall–Kier alpha value is 0. The van der Waals surface area contributed by atoms with Crippen LogP contribution in [0, 0.1) is 11.8 Å². The van der Waals surface area contributed by atoms with Crippen LogP contribution in [0.4, 0.5) is 0 Å². The molecule has 0 heterocycles. The molecule has 1 aliphatic carbocycles. The van der Waals surface area contributed by atoms with Gasteiger partial charge in [0.25, 0.3) is 0 Å². The highest BCUT2D eigenvalue weighted by Gasteiger charge is 2.17. The Morgan fingerprint density at radius 2 is 1.58 bits per heavy atom. The molecular formula is C12H26. The second-order valence-electron chi connectivity index (χ2n) is 3.78. The summed E-state index contributed by atoms with van der Waals surface area (Å²) < 4.78 is 0. The van der Waals surface area contributed by atoms with E-state index >= 15 is 0 Å². The standard InChI is InChI=1S/C10H20.C2H6/c1-3-9(2)10-7-5-4-6-8-10;1-2/h9-10H,3-8H2,1-2H3;1-2H3. The van der Waals surface area contributed by atoms with Gasteiger partial charge in [-0.2, -0.15) is 0 Å². The molecule has 0 aromatic heterocycles. The van der Waals surface area contributed by atoms with Gasteiger partial charge in [-0.15, -0.1) is 0 Å². The van der Waals surface area contributed by atoms with Crippen LogP contribution in [0.2, 0.25) is 0 Å². The van der Waals surface area contributed by atoms with E-state index in [0.717, 1.165) is 11.8 Å². The number of rotatable bonds is 2. The minimum absolute atomic E-state index is 0.986. The molecule has 0 nitrogen and oxygen atoms in total. The van der Waals surface area contributed by atoms with Crippen LogP contribution in [-0.4, -0.2) is 0 Å². The lowest BCUT2D eigenvalue weighted by atomic mass is 9.80.